The predicted molar refractivity (Wildman–Crippen MR) is 99.8 cm³/mol. The van der Waals surface area contributed by atoms with Crippen LogP contribution in [0.15, 0.2) is 77.3 Å². The normalized spacial score (nSPS) is 10.2. The Morgan fingerprint density at radius 2 is 1.67 bits per heavy atom. The van der Waals surface area contributed by atoms with E-state index in [0.717, 1.165) is 15.7 Å². The van der Waals surface area contributed by atoms with Gasteiger partial charge in [-0.1, -0.05) is 36.4 Å². The van der Waals surface area contributed by atoms with Gasteiger partial charge < -0.3 is 10.1 Å². The summed E-state index contributed by atoms with van der Waals surface area (Å²) in [5, 5.41) is 2.91. The first kappa shape index (κ1) is 16.3. The number of ether oxygens (including phenoxy) is 1. The Bertz CT molecular complexity index is 863. The van der Waals surface area contributed by atoms with Crippen molar-refractivity contribution in [1.29, 1.82) is 0 Å². The second-order valence-corrected chi connectivity index (χ2v) is 6.20. The zero-order chi connectivity index (χ0) is 16.9. The Labute approximate surface area is 149 Å². The summed E-state index contributed by atoms with van der Waals surface area (Å²) in [7, 11) is 0. The highest BCUT2D eigenvalue weighted by Crippen LogP contribution is 2.28. The average molecular weight is 382 g/mol. The van der Waals surface area contributed by atoms with Gasteiger partial charge in [0.2, 0.25) is 0 Å². The van der Waals surface area contributed by atoms with E-state index in [4.69, 9.17) is 4.74 Å². The summed E-state index contributed by atoms with van der Waals surface area (Å²) in [5.41, 5.74) is 2.32. The number of aryl methyl sites for hydroxylation is 1. The summed E-state index contributed by atoms with van der Waals surface area (Å²) in [5.74, 6) is 0.991. The van der Waals surface area contributed by atoms with Crippen LogP contribution in [-0.2, 0) is 0 Å². The molecule has 24 heavy (non-hydrogen) atoms. The van der Waals surface area contributed by atoms with Crippen LogP contribution in [-0.4, -0.2) is 5.91 Å². The molecule has 0 radical (unpaired) electrons. The molecule has 0 heterocycles. The Morgan fingerprint density at radius 1 is 0.958 bits per heavy atom. The standard InChI is InChI=1S/C20H16BrNO2/c1-14-11-12-18(17(21)13-14)22-20(23)16-9-5-6-10-19(16)24-15-7-3-2-4-8-15/h2-13H,1H3,(H,22,23). The molecule has 3 aromatic rings. The summed E-state index contributed by atoms with van der Waals surface area (Å²) >= 11 is 3.47. The van der Waals surface area contributed by atoms with E-state index < -0.39 is 0 Å². The lowest BCUT2D eigenvalue weighted by Gasteiger charge is -2.12. The van der Waals surface area contributed by atoms with E-state index in [1.165, 1.54) is 0 Å². The molecule has 3 aromatic carbocycles. The van der Waals surface area contributed by atoms with Gasteiger partial charge in [-0.25, -0.2) is 0 Å². The number of hydrogen-bond acceptors (Lipinski definition) is 2. The zero-order valence-electron chi connectivity index (χ0n) is 13.1. The molecule has 0 saturated carbocycles. The number of hydrogen-bond donors (Lipinski definition) is 1. The molecule has 0 aromatic heterocycles. The first-order valence-corrected chi connectivity index (χ1v) is 8.32. The maximum Gasteiger partial charge on any atom is 0.259 e. The van der Waals surface area contributed by atoms with Crippen LogP contribution in [0.3, 0.4) is 0 Å². The molecule has 120 valence electrons. The number of nitrogens with one attached hydrogen (secondary N) is 1. The smallest absolute Gasteiger partial charge is 0.259 e. The van der Waals surface area contributed by atoms with Crippen LogP contribution in [0, 0.1) is 6.92 Å². The minimum absolute atomic E-state index is 0.217. The molecule has 0 fully saturated rings. The molecular formula is C20H16BrNO2. The van der Waals surface area contributed by atoms with Crippen LogP contribution < -0.4 is 10.1 Å². The Balaban J connectivity index is 1.85. The quantitative estimate of drug-likeness (QED) is 0.619. The van der Waals surface area contributed by atoms with E-state index in [1.807, 2.05) is 67.6 Å². The lowest BCUT2D eigenvalue weighted by atomic mass is 10.1. The second kappa shape index (κ2) is 7.32. The van der Waals surface area contributed by atoms with Gasteiger partial charge in [0, 0.05) is 4.47 Å². The van der Waals surface area contributed by atoms with E-state index in [2.05, 4.69) is 21.2 Å². The third-order valence-corrected chi connectivity index (χ3v) is 4.13. The fourth-order valence-electron chi connectivity index (χ4n) is 2.27. The van der Waals surface area contributed by atoms with Crippen molar-refractivity contribution in [3.8, 4) is 11.5 Å². The number of para-hydroxylation sites is 2. The minimum atomic E-state index is -0.217. The molecule has 0 bridgehead atoms. The SMILES string of the molecule is Cc1ccc(NC(=O)c2ccccc2Oc2ccccc2)c(Br)c1. The van der Waals surface area contributed by atoms with E-state index in [-0.39, 0.29) is 5.91 Å². The monoisotopic (exact) mass is 381 g/mol. The summed E-state index contributed by atoms with van der Waals surface area (Å²) in [4.78, 5) is 12.7. The third kappa shape index (κ3) is 3.84. The fraction of sp³-hybridized carbons (Fsp3) is 0.0500. The van der Waals surface area contributed by atoms with Gasteiger partial charge in [-0.2, -0.15) is 0 Å². The third-order valence-electron chi connectivity index (χ3n) is 3.48. The lowest BCUT2D eigenvalue weighted by molar-refractivity contribution is 0.102. The van der Waals surface area contributed by atoms with Crippen molar-refractivity contribution in [2.75, 3.05) is 5.32 Å². The maximum atomic E-state index is 12.7. The first-order chi connectivity index (χ1) is 11.6. The molecule has 0 unspecified atom stereocenters. The van der Waals surface area contributed by atoms with Crippen molar-refractivity contribution >= 4 is 27.5 Å². The molecule has 0 spiro atoms. The molecular weight excluding hydrogens is 366 g/mol. The number of benzene rings is 3. The van der Waals surface area contributed by atoms with Gasteiger partial charge in [-0.15, -0.1) is 0 Å². The highest BCUT2D eigenvalue weighted by Gasteiger charge is 2.14. The predicted octanol–water partition coefficient (Wildman–Crippen LogP) is 5.80. The van der Waals surface area contributed by atoms with Crippen molar-refractivity contribution in [3.05, 3.63) is 88.4 Å². The summed E-state index contributed by atoms with van der Waals surface area (Å²) in [6.07, 6.45) is 0. The van der Waals surface area contributed by atoms with Gasteiger partial charge >= 0.3 is 0 Å². The van der Waals surface area contributed by atoms with Gasteiger partial charge in [0.1, 0.15) is 11.5 Å². The molecule has 0 aliphatic carbocycles. The van der Waals surface area contributed by atoms with Crippen molar-refractivity contribution in [3.63, 3.8) is 0 Å². The highest BCUT2D eigenvalue weighted by molar-refractivity contribution is 9.10. The van der Waals surface area contributed by atoms with Crippen LogP contribution in [0.1, 0.15) is 15.9 Å². The van der Waals surface area contributed by atoms with Crippen LogP contribution in [0.4, 0.5) is 5.69 Å². The molecule has 0 saturated heterocycles. The van der Waals surface area contributed by atoms with Crippen molar-refractivity contribution in [1.82, 2.24) is 0 Å². The highest BCUT2D eigenvalue weighted by atomic mass is 79.9. The summed E-state index contributed by atoms with van der Waals surface area (Å²) in [6.45, 7) is 2.00. The van der Waals surface area contributed by atoms with Gasteiger partial charge in [-0.3, -0.25) is 4.79 Å². The van der Waals surface area contributed by atoms with E-state index in [0.29, 0.717) is 17.1 Å². The largest absolute Gasteiger partial charge is 0.457 e. The van der Waals surface area contributed by atoms with E-state index in [1.54, 1.807) is 12.1 Å². The van der Waals surface area contributed by atoms with Crippen molar-refractivity contribution < 1.29 is 9.53 Å². The Kier molecular flexibility index (Phi) is 4.96. The number of halogens is 1. The molecule has 1 N–H and O–H groups in total. The first-order valence-electron chi connectivity index (χ1n) is 7.53. The summed E-state index contributed by atoms with van der Waals surface area (Å²) < 4.78 is 6.69. The van der Waals surface area contributed by atoms with Crippen LogP contribution in [0.25, 0.3) is 0 Å². The van der Waals surface area contributed by atoms with Crippen molar-refractivity contribution in [2.24, 2.45) is 0 Å². The van der Waals surface area contributed by atoms with Crippen molar-refractivity contribution in [2.45, 2.75) is 6.92 Å². The minimum Gasteiger partial charge on any atom is -0.457 e. The molecule has 1 amide bonds. The van der Waals surface area contributed by atoms with Gasteiger partial charge in [-0.05, 0) is 64.8 Å². The Hall–Kier alpha value is -2.59. The number of anilines is 1. The van der Waals surface area contributed by atoms with E-state index in [9.17, 15) is 4.79 Å². The number of carbonyl (C=O) groups excluding carboxylic acids is 1. The molecule has 0 atom stereocenters. The molecule has 0 aliphatic heterocycles. The van der Waals surface area contributed by atoms with E-state index >= 15 is 0 Å². The Morgan fingerprint density at radius 3 is 2.42 bits per heavy atom. The van der Waals surface area contributed by atoms with Gasteiger partial charge in [0.25, 0.3) is 5.91 Å². The van der Waals surface area contributed by atoms with Crippen LogP contribution in [0.2, 0.25) is 0 Å². The van der Waals surface area contributed by atoms with Gasteiger partial charge in [0.15, 0.2) is 0 Å². The average Bonchev–Trinajstić information content (AvgIpc) is 2.59. The van der Waals surface area contributed by atoms with Crippen LogP contribution >= 0.6 is 15.9 Å². The van der Waals surface area contributed by atoms with Crippen LogP contribution in [0.5, 0.6) is 11.5 Å². The number of rotatable bonds is 4. The topological polar surface area (TPSA) is 38.3 Å². The maximum absolute atomic E-state index is 12.7. The molecule has 4 heteroatoms. The van der Waals surface area contributed by atoms with Gasteiger partial charge in [0.05, 0.1) is 11.3 Å². The zero-order valence-corrected chi connectivity index (χ0v) is 14.7. The second-order valence-electron chi connectivity index (χ2n) is 5.35. The summed E-state index contributed by atoms with van der Waals surface area (Å²) in [6, 6.07) is 22.4. The molecule has 3 nitrogen and oxygen atoms in total. The lowest BCUT2D eigenvalue weighted by Crippen LogP contribution is -2.13. The number of amides is 1. The molecule has 3 rings (SSSR count). The fourth-order valence-corrected chi connectivity index (χ4v) is 2.86. The number of carbonyl (C=O) groups is 1. The molecule has 0 aliphatic rings.